The number of amides is 2. The van der Waals surface area contributed by atoms with E-state index in [9.17, 15) is 14.4 Å². The standard InChI is InChI=1S/C21H20N4O3/c1-14-3-9-18(22-11-14)24-21(28)16-5-7-17(8-6-16)23-19(26)13-25-12-15(2)4-10-20(25)27/h3-12H,13H2,1-2H3,(H,23,26)(H,22,24,28). The summed E-state index contributed by atoms with van der Waals surface area (Å²) in [5, 5.41) is 5.43. The van der Waals surface area contributed by atoms with Gasteiger partial charge in [0.2, 0.25) is 5.91 Å². The van der Waals surface area contributed by atoms with Crippen LogP contribution in [0.2, 0.25) is 0 Å². The van der Waals surface area contributed by atoms with Gasteiger partial charge in [0.25, 0.3) is 11.5 Å². The lowest BCUT2D eigenvalue weighted by molar-refractivity contribution is -0.116. The number of pyridine rings is 2. The van der Waals surface area contributed by atoms with Crippen LogP contribution in [-0.2, 0) is 11.3 Å². The monoisotopic (exact) mass is 376 g/mol. The molecule has 0 fully saturated rings. The molecule has 7 nitrogen and oxygen atoms in total. The first-order chi connectivity index (χ1) is 13.4. The van der Waals surface area contributed by atoms with Gasteiger partial charge < -0.3 is 15.2 Å². The molecule has 7 heteroatoms. The molecule has 2 amide bonds. The van der Waals surface area contributed by atoms with Gasteiger partial charge in [-0.25, -0.2) is 4.98 Å². The zero-order chi connectivity index (χ0) is 20.1. The van der Waals surface area contributed by atoms with E-state index in [-0.39, 0.29) is 23.9 Å². The molecule has 0 aliphatic rings. The molecule has 0 saturated heterocycles. The number of anilines is 2. The molecule has 142 valence electrons. The van der Waals surface area contributed by atoms with Crippen LogP contribution in [0.15, 0.2) is 65.7 Å². The third kappa shape index (κ3) is 4.91. The van der Waals surface area contributed by atoms with E-state index in [0.29, 0.717) is 17.1 Å². The molecule has 0 aliphatic carbocycles. The number of aromatic nitrogens is 2. The molecule has 0 atom stereocenters. The summed E-state index contributed by atoms with van der Waals surface area (Å²) in [6, 6.07) is 13.2. The summed E-state index contributed by atoms with van der Waals surface area (Å²) in [5.74, 6) is -0.147. The lowest BCUT2D eigenvalue weighted by Gasteiger charge is -2.09. The van der Waals surface area contributed by atoms with Gasteiger partial charge in [-0.15, -0.1) is 0 Å². The van der Waals surface area contributed by atoms with Crippen molar-refractivity contribution in [2.45, 2.75) is 20.4 Å². The third-order valence-corrected chi connectivity index (χ3v) is 4.03. The predicted octanol–water partition coefficient (Wildman–Crippen LogP) is 2.75. The Balaban J connectivity index is 1.61. The lowest BCUT2D eigenvalue weighted by atomic mass is 10.2. The van der Waals surface area contributed by atoms with Gasteiger partial charge in [0.05, 0.1) is 0 Å². The van der Waals surface area contributed by atoms with Gasteiger partial charge in [0.1, 0.15) is 12.4 Å². The fourth-order valence-corrected chi connectivity index (χ4v) is 2.56. The fourth-order valence-electron chi connectivity index (χ4n) is 2.56. The van der Waals surface area contributed by atoms with E-state index in [0.717, 1.165) is 11.1 Å². The molecule has 0 aliphatic heterocycles. The number of nitrogens with zero attached hydrogens (tertiary/aromatic N) is 2. The van der Waals surface area contributed by atoms with E-state index in [1.807, 2.05) is 19.9 Å². The van der Waals surface area contributed by atoms with Gasteiger partial charge in [0, 0.05) is 29.7 Å². The average molecular weight is 376 g/mol. The van der Waals surface area contributed by atoms with Gasteiger partial charge >= 0.3 is 0 Å². The maximum atomic E-state index is 12.3. The van der Waals surface area contributed by atoms with Crippen LogP contribution in [0.4, 0.5) is 11.5 Å². The summed E-state index contributed by atoms with van der Waals surface area (Å²) in [6.45, 7) is 3.69. The van der Waals surface area contributed by atoms with Crippen LogP contribution < -0.4 is 16.2 Å². The van der Waals surface area contributed by atoms with Gasteiger partial charge in [-0.3, -0.25) is 14.4 Å². The fraction of sp³-hybridized carbons (Fsp3) is 0.143. The van der Waals surface area contributed by atoms with Crippen molar-refractivity contribution in [3.63, 3.8) is 0 Å². The van der Waals surface area contributed by atoms with Crippen LogP contribution in [0.3, 0.4) is 0 Å². The highest BCUT2D eigenvalue weighted by Crippen LogP contribution is 2.12. The van der Waals surface area contributed by atoms with Crippen molar-refractivity contribution in [1.29, 1.82) is 0 Å². The Morgan fingerprint density at radius 3 is 2.32 bits per heavy atom. The molecular weight excluding hydrogens is 356 g/mol. The van der Waals surface area contributed by atoms with Crippen LogP contribution in [-0.4, -0.2) is 21.4 Å². The van der Waals surface area contributed by atoms with Crippen molar-refractivity contribution in [3.8, 4) is 0 Å². The number of carbonyl (C=O) groups excluding carboxylic acids is 2. The number of aryl methyl sites for hydroxylation is 2. The number of carbonyl (C=O) groups is 2. The van der Waals surface area contributed by atoms with Gasteiger partial charge in [0.15, 0.2) is 0 Å². The molecule has 2 aromatic heterocycles. The number of benzene rings is 1. The largest absolute Gasteiger partial charge is 0.325 e. The predicted molar refractivity (Wildman–Crippen MR) is 107 cm³/mol. The maximum Gasteiger partial charge on any atom is 0.256 e. The Kier molecular flexibility index (Phi) is 5.64. The van der Waals surface area contributed by atoms with Crippen molar-refractivity contribution < 1.29 is 9.59 Å². The van der Waals surface area contributed by atoms with E-state index in [2.05, 4.69) is 15.6 Å². The van der Waals surface area contributed by atoms with Crippen LogP contribution in [0, 0.1) is 13.8 Å². The Hall–Kier alpha value is -3.74. The van der Waals surface area contributed by atoms with Crippen molar-refractivity contribution in [3.05, 3.63) is 88.0 Å². The third-order valence-electron chi connectivity index (χ3n) is 4.03. The van der Waals surface area contributed by atoms with Crippen LogP contribution in [0.1, 0.15) is 21.5 Å². The molecule has 28 heavy (non-hydrogen) atoms. The normalized spacial score (nSPS) is 10.4. The smallest absolute Gasteiger partial charge is 0.256 e. The molecule has 3 aromatic rings. The zero-order valence-electron chi connectivity index (χ0n) is 15.6. The van der Waals surface area contributed by atoms with E-state index in [1.54, 1.807) is 48.8 Å². The first kappa shape index (κ1) is 19.0. The topological polar surface area (TPSA) is 93.1 Å². The van der Waals surface area contributed by atoms with Gasteiger partial charge in [-0.1, -0.05) is 12.1 Å². The molecule has 0 spiro atoms. The summed E-state index contributed by atoms with van der Waals surface area (Å²) in [5.41, 5.74) is 2.64. The van der Waals surface area contributed by atoms with E-state index in [1.165, 1.54) is 10.6 Å². The van der Waals surface area contributed by atoms with Crippen molar-refractivity contribution >= 4 is 23.3 Å². The molecular formula is C21H20N4O3. The zero-order valence-corrected chi connectivity index (χ0v) is 15.6. The molecule has 3 rings (SSSR count). The minimum atomic E-state index is -0.325. The van der Waals surface area contributed by atoms with E-state index in [4.69, 9.17) is 0 Å². The Morgan fingerprint density at radius 2 is 1.64 bits per heavy atom. The summed E-state index contributed by atoms with van der Waals surface area (Å²) >= 11 is 0. The second-order valence-corrected chi connectivity index (χ2v) is 6.47. The molecule has 2 N–H and O–H groups in total. The van der Waals surface area contributed by atoms with Crippen LogP contribution in [0.25, 0.3) is 0 Å². The lowest BCUT2D eigenvalue weighted by Crippen LogP contribution is -2.26. The summed E-state index contributed by atoms with van der Waals surface area (Å²) in [6.07, 6.45) is 3.31. The maximum absolute atomic E-state index is 12.3. The van der Waals surface area contributed by atoms with E-state index >= 15 is 0 Å². The molecule has 0 bridgehead atoms. The minimum Gasteiger partial charge on any atom is -0.325 e. The SMILES string of the molecule is Cc1ccc(NC(=O)c2ccc(NC(=O)Cn3cc(C)ccc3=O)cc2)nc1. The summed E-state index contributed by atoms with van der Waals surface area (Å²) in [4.78, 5) is 40.4. The second-order valence-electron chi connectivity index (χ2n) is 6.47. The van der Waals surface area contributed by atoms with E-state index < -0.39 is 0 Å². The summed E-state index contributed by atoms with van der Waals surface area (Å²) in [7, 11) is 0. The second kappa shape index (κ2) is 8.30. The van der Waals surface area contributed by atoms with Crippen molar-refractivity contribution in [1.82, 2.24) is 9.55 Å². The van der Waals surface area contributed by atoms with Crippen LogP contribution >= 0.6 is 0 Å². The first-order valence-electron chi connectivity index (χ1n) is 8.72. The molecule has 1 aromatic carbocycles. The highest BCUT2D eigenvalue weighted by atomic mass is 16.2. The number of nitrogens with one attached hydrogen (secondary N) is 2. The molecule has 2 heterocycles. The Labute approximate surface area is 162 Å². The first-order valence-corrected chi connectivity index (χ1v) is 8.72. The molecule has 0 radical (unpaired) electrons. The number of hydrogen-bond donors (Lipinski definition) is 2. The van der Waals surface area contributed by atoms with Gasteiger partial charge in [-0.2, -0.15) is 0 Å². The highest BCUT2D eigenvalue weighted by Gasteiger charge is 2.09. The van der Waals surface area contributed by atoms with Gasteiger partial charge in [-0.05, 0) is 55.3 Å². The highest BCUT2D eigenvalue weighted by molar-refractivity contribution is 6.04. The van der Waals surface area contributed by atoms with Crippen molar-refractivity contribution in [2.24, 2.45) is 0 Å². The number of hydrogen-bond acceptors (Lipinski definition) is 4. The van der Waals surface area contributed by atoms with Crippen molar-refractivity contribution in [2.75, 3.05) is 10.6 Å². The Bertz CT molecular complexity index is 1050. The average Bonchev–Trinajstić information content (AvgIpc) is 2.67. The summed E-state index contributed by atoms with van der Waals surface area (Å²) < 4.78 is 1.35. The quantitative estimate of drug-likeness (QED) is 0.716. The Morgan fingerprint density at radius 1 is 0.929 bits per heavy atom. The molecule has 0 saturated carbocycles. The molecule has 0 unspecified atom stereocenters. The van der Waals surface area contributed by atoms with Crippen LogP contribution in [0.5, 0.6) is 0 Å². The minimum absolute atomic E-state index is 0.0815. The number of rotatable bonds is 5.